The second-order valence-electron chi connectivity index (χ2n) is 2.97. The van der Waals surface area contributed by atoms with Crippen LogP contribution >= 0.6 is 11.8 Å². The Labute approximate surface area is 88.2 Å². The SMILES string of the molecule is CSCC(C(=O)C=N)c1ccccc1. The van der Waals surface area contributed by atoms with Crippen molar-refractivity contribution in [2.75, 3.05) is 12.0 Å². The Morgan fingerprint density at radius 2 is 2.14 bits per heavy atom. The first kappa shape index (κ1) is 11.0. The molecule has 1 N–H and O–H groups in total. The molecule has 1 rings (SSSR count). The Hall–Kier alpha value is -1.09. The molecule has 0 heterocycles. The van der Waals surface area contributed by atoms with Gasteiger partial charge in [0.05, 0.1) is 12.1 Å². The molecule has 1 aromatic carbocycles. The first-order valence-corrected chi connectivity index (χ1v) is 5.77. The number of benzene rings is 1. The van der Waals surface area contributed by atoms with E-state index < -0.39 is 0 Å². The van der Waals surface area contributed by atoms with Gasteiger partial charge in [0, 0.05) is 5.75 Å². The summed E-state index contributed by atoms with van der Waals surface area (Å²) in [7, 11) is 0. The van der Waals surface area contributed by atoms with Crippen LogP contribution in [0.15, 0.2) is 30.3 Å². The number of nitrogens with one attached hydrogen (secondary N) is 1. The molecule has 0 aliphatic heterocycles. The maximum absolute atomic E-state index is 11.4. The molecule has 0 bridgehead atoms. The standard InChI is InChI=1S/C11H13NOS/c1-14-8-10(11(13)7-12)9-5-3-2-4-6-9/h2-7,10,12H,8H2,1H3. The highest BCUT2D eigenvalue weighted by atomic mass is 32.2. The van der Waals surface area contributed by atoms with Crippen LogP contribution in [0.2, 0.25) is 0 Å². The lowest BCUT2D eigenvalue weighted by molar-refractivity contribution is -0.113. The van der Waals surface area contributed by atoms with E-state index >= 15 is 0 Å². The van der Waals surface area contributed by atoms with Crippen LogP contribution in [0.3, 0.4) is 0 Å². The summed E-state index contributed by atoms with van der Waals surface area (Å²) in [6.45, 7) is 0. The predicted molar refractivity (Wildman–Crippen MR) is 61.4 cm³/mol. The van der Waals surface area contributed by atoms with Gasteiger partial charge in [0.1, 0.15) is 0 Å². The zero-order chi connectivity index (χ0) is 10.4. The van der Waals surface area contributed by atoms with Gasteiger partial charge in [-0.1, -0.05) is 30.3 Å². The van der Waals surface area contributed by atoms with E-state index in [1.165, 1.54) is 0 Å². The zero-order valence-electron chi connectivity index (χ0n) is 8.07. The van der Waals surface area contributed by atoms with Crippen molar-refractivity contribution in [1.82, 2.24) is 0 Å². The molecule has 0 amide bonds. The van der Waals surface area contributed by atoms with E-state index in [9.17, 15) is 4.79 Å². The lowest BCUT2D eigenvalue weighted by atomic mass is 9.97. The fourth-order valence-electron chi connectivity index (χ4n) is 1.30. The monoisotopic (exact) mass is 207 g/mol. The molecule has 0 radical (unpaired) electrons. The summed E-state index contributed by atoms with van der Waals surface area (Å²) < 4.78 is 0. The number of hydrogen-bond acceptors (Lipinski definition) is 3. The van der Waals surface area contributed by atoms with Gasteiger partial charge in [0.2, 0.25) is 0 Å². The van der Waals surface area contributed by atoms with Gasteiger partial charge in [0.25, 0.3) is 0 Å². The van der Waals surface area contributed by atoms with Crippen LogP contribution in [0.4, 0.5) is 0 Å². The lowest BCUT2D eigenvalue weighted by Crippen LogP contribution is -2.15. The van der Waals surface area contributed by atoms with E-state index in [0.717, 1.165) is 17.5 Å². The zero-order valence-corrected chi connectivity index (χ0v) is 8.88. The molecular weight excluding hydrogens is 194 g/mol. The van der Waals surface area contributed by atoms with Crippen LogP contribution in [0.25, 0.3) is 0 Å². The van der Waals surface area contributed by atoms with Crippen molar-refractivity contribution in [3.8, 4) is 0 Å². The fraction of sp³-hybridized carbons (Fsp3) is 0.273. The van der Waals surface area contributed by atoms with E-state index in [0.29, 0.717) is 0 Å². The van der Waals surface area contributed by atoms with Crippen LogP contribution < -0.4 is 0 Å². The topological polar surface area (TPSA) is 40.9 Å². The van der Waals surface area contributed by atoms with Crippen LogP contribution in [-0.2, 0) is 4.79 Å². The van der Waals surface area contributed by atoms with Gasteiger partial charge >= 0.3 is 0 Å². The second-order valence-corrected chi connectivity index (χ2v) is 3.88. The van der Waals surface area contributed by atoms with Crippen molar-refractivity contribution in [3.63, 3.8) is 0 Å². The molecular formula is C11H13NOS. The number of carbonyl (C=O) groups excluding carboxylic acids is 1. The number of Topliss-reactive ketones (excluding diaryl/α,β-unsaturated/α-hetero) is 1. The van der Waals surface area contributed by atoms with Crippen molar-refractivity contribution in [1.29, 1.82) is 5.41 Å². The van der Waals surface area contributed by atoms with Gasteiger partial charge in [-0.25, -0.2) is 0 Å². The Morgan fingerprint density at radius 1 is 1.50 bits per heavy atom. The van der Waals surface area contributed by atoms with Gasteiger partial charge in [0.15, 0.2) is 5.78 Å². The van der Waals surface area contributed by atoms with E-state index in [4.69, 9.17) is 5.41 Å². The molecule has 0 fully saturated rings. The third-order valence-electron chi connectivity index (χ3n) is 2.02. The molecule has 0 spiro atoms. The van der Waals surface area contributed by atoms with Crippen LogP contribution in [-0.4, -0.2) is 24.0 Å². The van der Waals surface area contributed by atoms with Crippen molar-refractivity contribution in [3.05, 3.63) is 35.9 Å². The summed E-state index contributed by atoms with van der Waals surface area (Å²) in [4.78, 5) is 11.4. The van der Waals surface area contributed by atoms with E-state index in [2.05, 4.69) is 0 Å². The smallest absolute Gasteiger partial charge is 0.181 e. The van der Waals surface area contributed by atoms with Crippen molar-refractivity contribution in [2.45, 2.75) is 5.92 Å². The van der Waals surface area contributed by atoms with Crippen molar-refractivity contribution in [2.24, 2.45) is 0 Å². The molecule has 1 unspecified atom stereocenters. The molecule has 1 aromatic rings. The van der Waals surface area contributed by atoms with E-state index in [1.54, 1.807) is 11.8 Å². The molecule has 1 atom stereocenters. The van der Waals surface area contributed by atoms with E-state index in [-0.39, 0.29) is 11.7 Å². The number of hydrogen-bond donors (Lipinski definition) is 1. The van der Waals surface area contributed by atoms with Gasteiger partial charge in [-0.3, -0.25) is 4.79 Å². The normalized spacial score (nSPS) is 12.1. The van der Waals surface area contributed by atoms with Crippen LogP contribution in [0.1, 0.15) is 11.5 Å². The Morgan fingerprint density at radius 3 is 2.64 bits per heavy atom. The number of rotatable bonds is 5. The maximum Gasteiger partial charge on any atom is 0.181 e. The molecule has 2 nitrogen and oxygen atoms in total. The summed E-state index contributed by atoms with van der Waals surface area (Å²) in [6.07, 6.45) is 2.88. The summed E-state index contributed by atoms with van der Waals surface area (Å²) in [5, 5.41) is 6.98. The summed E-state index contributed by atoms with van der Waals surface area (Å²) >= 11 is 1.62. The number of carbonyl (C=O) groups is 1. The Kier molecular flexibility index (Phi) is 4.40. The minimum atomic E-state index is -0.163. The highest BCUT2D eigenvalue weighted by Crippen LogP contribution is 2.19. The maximum atomic E-state index is 11.4. The van der Waals surface area contributed by atoms with Crippen LogP contribution in [0.5, 0.6) is 0 Å². The molecule has 0 saturated heterocycles. The Balaban J connectivity index is 2.88. The molecule has 3 heteroatoms. The molecule has 0 saturated carbocycles. The number of ketones is 1. The van der Waals surface area contributed by atoms with Crippen molar-refractivity contribution >= 4 is 23.8 Å². The van der Waals surface area contributed by atoms with Gasteiger partial charge in [-0.2, -0.15) is 11.8 Å². The van der Waals surface area contributed by atoms with Crippen LogP contribution in [0, 0.1) is 5.41 Å². The second kappa shape index (κ2) is 5.60. The summed E-state index contributed by atoms with van der Waals surface area (Å²) in [6, 6.07) is 9.62. The van der Waals surface area contributed by atoms with Gasteiger partial charge < -0.3 is 5.41 Å². The molecule has 0 aromatic heterocycles. The van der Waals surface area contributed by atoms with Crippen molar-refractivity contribution < 1.29 is 4.79 Å². The van der Waals surface area contributed by atoms with E-state index in [1.807, 2.05) is 36.6 Å². The third-order valence-corrected chi connectivity index (χ3v) is 2.69. The van der Waals surface area contributed by atoms with Gasteiger partial charge in [-0.05, 0) is 11.8 Å². The minimum absolute atomic E-state index is 0.120. The summed E-state index contributed by atoms with van der Waals surface area (Å²) in [5.41, 5.74) is 0.996. The largest absolute Gasteiger partial charge is 0.305 e. The third kappa shape index (κ3) is 2.70. The Bertz CT molecular complexity index is 310. The predicted octanol–water partition coefficient (Wildman–Crippen LogP) is 2.35. The molecule has 0 aliphatic rings. The lowest BCUT2D eigenvalue weighted by Gasteiger charge is -2.11. The molecule has 14 heavy (non-hydrogen) atoms. The first-order chi connectivity index (χ1) is 6.79. The van der Waals surface area contributed by atoms with Gasteiger partial charge in [-0.15, -0.1) is 0 Å². The highest BCUT2D eigenvalue weighted by molar-refractivity contribution is 7.98. The average Bonchev–Trinajstić information content (AvgIpc) is 2.26. The fourth-order valence-corrected chi connectivity index (χ4v) is 1.99. The summed E-state index contributed by atoms with van der Waals surface area (Å²) in [5.74, 6) is 0.451. The molecule has 0 aliphatic carbocycles. The average molecular weight is 207 g/mol. The minimum Gasteiger partial charge on any atom is -0.305 e. The number of thioether (sulfide) groups is 1. The quantitative estimate of drug-likeness (QED) is 0.753. The molecule has 74 valence electrons. The highest BCUT2D eigenvalue weighted by Gasteiger charge is 2.17. The first-order valence-electron chi connectivity index (χ1n) is 4.37.